The first-order chi connectivity index (χ1) is 15.6. The fourth-order valence-corrected chi connectivity index (χ4v) is 5.54. The molecule has 0 aromatic heterocycles. The molecule has 0 bridgehead atoms. The molecule has 2 amide bonds. The zero-order chi connectivity index (χ0) is 22.8. The van der Waals surface area contributed by atoms with Crippen LogP contribution in [0.4, 0.5) is 4.79 Å². The molecule has 1 aliphatic heterocycles. The second kappa shape index (κ2) is 13.4. The van der Waals surface area contributed by atoms with E-state index in [4.69, 9.17) is 16.3 Å². The third kappa shape index (κ3) is 7.62. The van der Waals surface area contributed by atoms with E-state index in [1.165, 1.54) is 32.1 Å². The summed E-state index contributed by atoms with van der Waals surface area (Å²) in [5.41, 5.74) is 1.00. The standard InChI is InChI=1S/C25H40ClN3O3/c1-27-17-23(15-19-7-3-2-4-8-19)28-25(31)29-12-6-10-21(18-29)24(32-14-13-30)20-9-5-11-22(26)16-20/h5,9,11,16,19,21,23-24,27,30H,2-4,6-8,10,12-15,17-18H2,1H3,(H,28,31). The SMILES string of the molecule is CNCC(CC1CCCCC1)NC(=O)N1CCCC(C(OCCO)c2cccc(Cl)c2)C1. The summed E-state index contributed by atoms with van der Waals surface area (Å²) in [6, 6.07) is 7.90. The molecule has 0 spiro atoms. The first kappa shape index (κ1) is 25.3. The van der Waals surface area contributed by atoms with E-state index in [-0.39, 0.29) is 37.3 Å². The minimum atomic E-state index is -0.188. The van der Waals surface area contributed by atoms with Crippen LogP contribution in [0.1, 0.15) is 63.0 Å². The number of hydrogen-bond acceptors (Lipinski definition) is 4. The largest absolute Gasteiger partial charge is 0.394 e. The molecule has 2 fully saturated rings. The number of benzene rings is 1. The molecule has 1 aromatic rings. The van der Waals surface area contributed by atoms with Crippen LogP contribution in [0, 0.1) is 11.8 Å². The van der Waals surface area contributed by atoms with Crippen molar-refractivity contribution in [3.05, 3.63) is 34.9 Å². The number of rotatable bonds is 10. The zero-order valence-electron chi connectivity index (χ0n) is 19.4. The van der Waals surface area contributed by atoms with Gasteiger partial charge in [0.1, 0.15) is 0 Å². The van der Waals surface area contributed by atoms with Gasteiger partial charge in [0, 0.05) is 36.6 Å². The van der Waals surface area contributed by atoms with Gasteiger partial charge in [-0.05, 0) is 49.9 Å². The van der Waals surface area contributed by atoms with Crippen molar-refractivity contribution in [3.8, 4) is 0 Å². The third-order valence-electron chi connectivity index (χ3n) is 6.86. The van der Waals surface area contributed by atoms with Crippen LogP contribution in [0.15, 0.2) is 24.3 Å². The molecule has 1 saturated carbocycles. The summed E-state index contributed by atoms with van der Waals surface area (Å²) in [7, 11) is 1.95. The number of likely N-dealkylation sites (N-methyl/N-ethyl adjacent to an activating group) is 1. The number of carbonyl (C=O) groups is 1. The van der Waals surface area contributed by atoms with E-state index in [1.54, 1.807) is 0 Å². The van der Waals surface area contributed by atoms with Gasteiger partial charge in [0.2, 0.25) is 0 Å². The lowest BCUT2D eigenvalue weighted by Gasteiger charge is -2.38. The van der Waals surface area contributed by atoms with E-state index in [0.717, 1.165) is 43.8 Å². The lowest BCUT2D eigenvalue weighted by Crippen LogP contribution is -2.52. The zero-order valence-corrected chi connectivity index (χ0v) is 20.2. The molecule has 3 N–H and O–H groups in total. The number of ether oxygens (including phenoxy) is 1. The number of carbonyl (C=O) groups excluding carboxylic acids is 1. The highest BCUT2D eigenvalue weighted by Crippen LogP contribution is 2.34. The molecule has 3 atom stereocenters. The van der Waals surface area contributed by atoms with Gasteiger partial charge >= 0.3 is 6.03 Å². The highest BCUT2D eigenvalue weighted by atomic mass is 35.5. The van der Waals surface area contributed by atoms with Crippen molar-refractivity contribution in [3.63, 3.8) is 0 Å². The van der Waals surface area contributed by atoms with Crippen LogP contribution in [0.2, 0.25) is 5.02 Å². The number of nitrogens with one attached hydrogen (secondary N) is 2. The van der Waals surface area contributed by atoms with E-state index in [1.807, 2.05) is 36.2 Å². The molecular formula is C25H40ClN3O3. The van der Waals surface area contributed by atoms with Crippen LogP contribution in [0.3, 0.4) is 0 Å². The molecule has 7 heteroatoms. The third-order valence-corrected chi connectivity index (χ3v) is 7.09. The molecule has 1 aromatic carbocycles. The highest BCUT2D eigenvalue weighted by molar-refractivity contribution is 6.30. The van der Waals surface area contributed by atoms with Crippen LogP contribution in [0.25, 0.3) is 0 Å². The van der Waals surface area contributed by atoms with Crippen molar-refractivity contribution in [1.29, 1.82) is 0 Å². The number of aliphatic hydroxyl groups excluding tert-OH is 1. The highest BCUT2D eigenvalue weighted by Gasteiger charge is 2.32. The van der Waals surface area contributed by atoms with Crippen LogP contribution in [0.5, 0.6) is 0 Å². The molecule has 3 unspecified atom stereocenters. The number of halogens is 1. The average Bonchev–Trinajstić information content (AvgIpc) is 2.80. The van der Waals surface area contributed by atoms with Crippen LogP contribution in [-0.4, -0.2) is 62.0 Å². The van der Waals surface area contributed by atoms with E-state index in [2.05, 4.69) is 10.6 Å². The van der Waals surface area contributed by atoms with Crippen molar-refractivity contribution in [2.75, 3.05) is 39.9 Å². The van der Waals surface area contributed by atoms with Crippen molar-refractivity contribution in [2.45, 2.75) is 63.5 Å². The minimum absolute atomic E-state index is 0.0257. The van der Waals surface area contributed by atoms with Gasteiger partial charge in [-0.1, -0.05) is 55.8 Å². The van der Waals surface area contributed by atoms with Gasteiger partial charge in [0.05, 0.1) is 19.3 Å². The molecule has 32 heavy (non-hydrogen) atoms. The Morgan fingerprint density at radius 2 is 2.06 bits per heavy atom. The van der Waals surface area contributed by atoms with Gasteiger partial charge in [0.25, 0.3) is 0 Å². The Morgan fingerprint density at radius 3 is 2.78 bits per heavy atom. The number of amides is 2. The Balaban J connectivity index is 1.62. The van der Waals surface area contributed by atoms with Gasteiger partial charge in [-0.3, -0.25) is 0 Å². The van der Waals surface area contributed by atoms with Gasteiger partial charge in [-0.25, -0.2) is 4.79 Å². The summed E-state index contributed by atoms with van der Waals surface area (Å²) >= 11 is 6.22. The van der Waals surface area contributed by atoms with Gasteiger partial charge in [-0.2, -0.15) is 0 Å². The predicted molar refractivity (Wildman–Crippen MR) is 129 cm³/mol. The number of likely N-dealkylation sites (tertiary alicyclic amines) is 1. The van der Waals surface area contributed by atoms with Crippen molar-refractivity contribution >= 4 is 17.6 Å². The van der Waals surface area contributed by atoms with Gasteiger partial charge in [0.15, 0.2) is 0 Å². The molecule has 2 aliphatic rings. The summed E-state index contributed by atoms with van der Waals surface area (Å²) in [4.78, 5) is 15.1. The van der Waals surface area contributed by atoms with E-state index < -0.39 is 0 Å². The topological polar surface area (TPSA) is 73.8 Å². The first-order valence-electron chi connectivity index (χ1n) is 12.3. The number of urea groups is 1. The maximum Gasteiger partial charge on any atom is 0.317 e. The molecule has 1 saturated heterocycles. The summed E-state index contributed by atoms with van der Waals surface area (Å²) in [5, 5.41) is 16.5. The maximum absolute atomic E-state index is 13.2. The Kier molecular flexibility index (Phi) is 10.6. The van der Waals surface area contributed by atoms with E-state index in [9.17, 15) is 9.90 Å². The average molecular weight is 466 g/mol. The summed E-state index contributed by atoms with van der Waals surface area (Å²) in [5.74, 6) is 0.885. The Bertz CT molecular complexity index is 699. The number of piperidine rings is 1. The summed E-state index contributed by atoms with van der Waals surface area (Å²) in [6.07, 6.45) is 9.33. The molecule has 3 rings (SSSR count). The fraction of sp³-hybridized carbons (Fsp3) is 0.720. The minimum Gasteiger partial charge on any atom is -0.394 e. The Hall–Kier alpha value is -1.34. The second-order valence-electron chi connectivity index (χ2n) is 9.36. The van der Waals surface area contributed by atoms with Crippen LogP contribution in [-0.2, 0) is 4.74 Å². The second-order valence-corrected chi connectivity index (χ2v) is 9.80. The predicted octanol–water partition coefficient (Wildman–Crippen LogP) is 4.37. The number of nitrogens with zero attached hydrogens (tertiary/aromatic N) is 1. The Labute approximate surface area is 198 Å². The fourth-order valence-electron chi connectivity index (χ4n) is 5.34. The van der Waals surface area contributed by atoms with Gasteiger partial charge < -0.3 is 25.4 Å². The lowest BCUT2D eigenvalue weighted by molar-refractivity contribution is -0.0240. The normalized spacial score (nSPS) is 21.8. The monoisotopic (exact) mass is 465 g/mol. The van der Waals surface area contributed by atoms with Crippen molar-refractivity contribution in [1.82, 2.24) is 15.5 Å². The molecule has 6 nitrogen and oxygen atoms in total. The molecule has 1 heterocycles. The number of hydrogen-bond donors (Lipinski definition) is 3. The quantitative estimate of drug-likeness (QED) is 0.479. The van der Waals surface area contributed by atoms with Crippen LogP contribution >= 0.6 is 11.6 Å². The summed E-state index contributed by atoms with van der Waals surface area (Å²) < 4.78 is 6.04. The smallest absolute Gasteiger partial charge is 0.317 e. The molecular weight excluding hydrogens is 426 g/mol. The van der Waals surface area contributed by atoms with E-state index in [0.29, 0.717) is 11.6 Å². The van der Waals surface area contributed by atoms with Gasteiger partial charge in [-0.15, -0.1) is 0 Å². The van der Waals surface area contributed by atoms with Crippen molar-refractivity contribution in [2.24, 2.45) is 11.8 Å². The lowest BCUT2D eigenvalue weighted by atomic mass is 9.85. The first-order valence-corrected chi connectivity index (χ1v) is 12.7. The van der Waals surface area contributed by atoms with Crippen LogP contribution < -0.4 is 10.6 Å². The molecule has 0 radical (unpaired) electrons. The van der Waals surface area contributed by atoms with Crippen molar-refractivity contribution < 1.29 is 14.6 Å². The van der Waals surface area contributed by atoms with E-state index >= 15 is 0 Å². The Morgan fingerprint density at radius 1 is 1.25 bits per heavy atom. The number of aliphatic hydroxyl groups is 1. The maximum atomic E-state index is 13.2. The summed E-state index contributed by atoms with van der Waals surface area (Å²) in [6.45, 7) is 2.45. The molecule has 180 valence electrons. The molecule has 1 aliphatic carbocycles.